The lowest BCUT2D eigenvalue weighted by Crippen LogP contribution is -2.61. The minimum Gasteiger partial charge on any atom is -0.454 e. The highest BCUT2D eigenvalue weighted by Gasteiger charge is 2.48. The van der Waals surface area contributed by atoms with Crippen LogP contribution in [0.5, 0.6) is 0 Å². The molecular weight excluding hydrogens is 896 g/mol. The van der Waals surface area contributed by atoms with Gasteiger partial charge in [-0.1, -0.05) is 167 Å². The molecule has 0 unspecified atom stereocenters. The van der Waals surface area contributed by atoms with Crippen molar-refractivity contribution in [2.45, 2.75) is 101 Å². The van der Waals surface area contributed by atoms with Gasteiger partial charge in [0, 0.05) is 38.5 Å². The van der Waals surface area contributed by atoms with Crippen molar-refractivity contribution in [1.82, 2.24) is 4.57 Å². The lowest BCUT2D eigenvalue weighted by atomic mass is 9.43. The molecule has 0 atom stereocenters. The Kier molecular flexibility index (Phi) is 8.89. The highest BCUT2D eigenvalue weighted by atomic mass is 16.3. The Morgan fingerprint density at radius 1 is 0.473 bits per heavy atom. The molecule has 4 fully saturated rings. The average molecular weight is 955 g/mol. The summed E-state index contributed by atoms with van der Waals surface area (Å²) in [6, 6.07) is 68.1. The maximum Gasteiger partial charge on any atom is 0.333 e. The van der Waals surface area contributed by atoms with Crippen molar-refractivity contribution in [3.05, 3.63) is 187 Å². The molecule has 0 radical (unpaired) electrons. The summed E-state index contributed by atoms with van der Waals surface area (Å²) in [5, 5.41) is 7.66. The number of fused-ring (bicyclic) bond motifs is 16. The summed E-state index contributed by atoms with van der Waals surface area (Å²) in [4.78, 5) is 2.74. The van der Waals surface area contributed by atoms with Crippen molar-refractivity contribution in [3.63, 3.8) is 0 Å². The minimum atomic E-state index is -0.119. The molecule has 4 heterocycles. The van der Waals surface area contributed by atoms with Gasteiger partial charge < -0.3 is 13.8 Å². The number of rotatable bonds is 5. The Hall–Kier alpha value is -7.30. The Morgan fingerprint density at radius 2 is 1.09 bits per heavy atom. The molecule has 4 heteroatoms. The van der Waals surface area contributed by atoms with Gasteiger partial charge in [0.25, 0.3) is 0 Å². The molecular formula is C70H59BN2O. The van der Waals surface area contributed by atoms with E-state index in [2.05, 4.69) is 185 Å². The number of nitrogens with zero attached hydrogens (tertiary/aromatic N) is 2. The predicted molar refractivity (Wildman–Crippen MR) is 310 cm³/mol. The fourth-order valence-corrected chi connectivity index (χ4v) is 16.8. The van der Waals surface area contributed by atoms with Crippen LogP contribution >= 0.6 is 0 Å². The first-order valence-electron chi connectivity index (χ1n) is 28.3. The number of hydrogen-bond donors (Lipinski definition) is 0. The molecule has 0 amide bonds. The van der Waals surface area contributed by atoms with Gasteiger partial charge in [0.05, 0.1) is 16.7 Å². The standard InChI is InChI=1S/C70H59BN2O/c1-3-17-46(18-4-1)48-23-26-54(27-24-48)73-67-55(28-29-56-58-35-49-21-7-8-22-50(49)38-64(58)74-68(56)67)59-36-51(47-19-5-2-6-20-47)37-63-65(59)71(73)61-41-53(70-33-11-15-45(43-70)16-12-34-70)40-60-57-39-52(25-30-62(57)72(63)66(60)61)69-31-9-13-44(42-69)14-10-32-69/h1-8,17-30,35-41,44-45H,9-16,31-34,42-43H2. The van der Waals surface area contributed by atoms with E-state index in [-0.39, 0.29) is 17.7 Å². The van der Waals surface area contributed by atoms with Crippen LogP contribution in [0.25, 0.3) is 93.6 Å². The van der Waals surface area contributed by atoms with E-state index >= 15 is 0 Å². The molecule has 0 spiro atoms. The molecule has 4 bridgehead atoms. The van der Waals surface area contributed by atoms with E-state index in [0.717, 1.165) is 34.1 Å². The zero-order valence-electron chi connectivity index (χ0n) is 42.2. The maximum absolute atomic E-state index is 7.39. The molecule has 6 aliphatic rings. The molecule has 74 heavy (non-hydrogen) atoms. The monoisotopic (exact) mass is 954 g/mol. The van der Waals surface area contributed by atoms with Crippen molar-refractivity contribution in [1.29, 1.82) is 0 Å². The summed E-state index contributed by atoms with van der Waals surface area (Å²) in [6.45, 7) is -0.119. The van der Waals surface area contributed by atoms with E-state index in [0.29, 0.717) is 0 Å². The zero-order chi connectivity index (χ0) is 48.3. The second kappa shape index (κ2) is 15.6. The van der Waals surface area contributed by atoms with Crippen molar-refractivity contribution in [2.24, 2.45) is 11.8 Å². The fraction of sp³-hybridized carbons (Fsp3) is 0.257. The van der Waals surface area contributed by atoms with Crippen molar-refractivity contribution < 1.29 is 4.42 Å². The van der Waals surface area contributed by atoms with Crippen LogP contribution in [-0.2, 0) is 10.8 Å². The topological polar surface area (TPSA) is 21.3 Å². The lowest BCUT2D eigenvalue weighted by molar-refractivity contribution is 0.149. The second-order valence-electron chi connectivity index (χ2n) is 23.9. The number of benzene rings is 9. The molecule has 0 saturated heterocycles. The third-order valence-electron chi connectivity index (χ3n) is 20.1. The van der Waals surface area contributed by atoms with Crippen molar-refractivity contribution >= 4 is 83.7 Å². The minimum absolute atomic E-state index is 0.119. The molecule has 11 aromatic rings. The van der Waals surface area contributed by atoms with Gasteiger partial charge in [-0.3, -0.25) is 0 Å². The number of furan rings is 1. The molecule has 2 aromatic heterocycles. The maximum atomic E-state index is 7.39. The summed E-state index contributed by atoms with van der Waals surface area (Å²) in [5.41, 5.74) is 22.2. The Morgan fingerprint density at radius 3 is 1.80 bits per heavy atom. The Balaban J connectivity index is 1.01. The van der Waals surface area contributed by atoms with E-state index < -0.39 is 0 Å². The van der Waals surface area contributed by atoms with Crippen LogP contribution in [0, 0.1) is 11.8 Å². The van der Waals surface area contributed by atoms with Crippen LogP contribution in [0.15, 0.2) is 180 Å². The van der Waals surface area contributed by atoms with Gasteiger partial charge in [-0.15, -0.1) is 0 Å². The van der Waals surface area contributed by atoms with E-state index in [1.54, 1.807) is 11.1 Å². The van der Waals surface area contributed by atoms with E-state index in [1.807, 2.05) is 0 Å². The number of aromatic nitrogens is 1. The van der Waals surface area contributed by atoms with Crippen LogP contribution < -0.4 is 15.7 Å². The van der Waals surface area contributed by atoms with Gasteiger partial charge in [0.2, 0.25) is 0 Å². The first kappa shape index (κ1) is 42.1. The zero-order valence-corrected chi connectivity index (χ0v) is 42.2. The summed E-state index contributed by atoms with van der Waals surface area (Å²) in [5.74, 6) is 1.69. The third kappa shape index (κ3) is 5.97. The molecule has 4 aliphatic carbocycles. The van der Waals surface area contributed by atoms with Crippen LogP contribution in [0.4, 0.5) is 11.4 Å². The van der Waals surface area contributed by atoms with Crippen LogP contribution in [0.1, 0.15) is 101 Å². The normalized spacial score (nSPS) is 22.7. The largest absolute Gasteiger partial charge is 0.454 e. The van der Waals surface area contributed by atoms with E-state index in [9.17, 15) is 0 Å². The predicted octanol–water partition coefficient (Wildman–Crippen LogP) is 17.6. The Bertz CT molecular complexity index is 4110. The molecule has 0 N–H and O–H groups in total. The first-order chi connectivity index (χ1) is 36.6. The molecule has 17 rings (SSSR count). The number of anilines is 2. The van der Waals surface area contributed by atoms with Crippen molar-refractivity contribution in [2.75, 3.05) is 4.81 Å². The van der Waals surface area contributed by atoms with Gasteiger partial charge in [0.1, 0.15) is 5.58 Å². The number of hydrogen-bond acceptors (Lipinski definition) is 2. The third-order valence-corrected chi connectivity index (χ3v) is 20.1. The SMILES string of the molecule is c1ccc(-c2ccc(N3B4c5c(cc(-c6ccccc6)cc5-n5c6ccc(C78CCCC(CCC7)C8)cc6c6cc(C78CCCC(CCC7)C8)cc4c65)-c4ccc5c(oc6cc7ccccc7cc65)c43)cc2)cc1. The van der Waals surface area contributed by atoms with Gasteiger partial charge >= 0.3 is 6.85 Å². The average Bonchev–Trinajstić information content (AvgIpc) is 4.01. The molecule has 2 aliphatic heterocycles. The highest BCUT2D eigenvalue weighted by molar-refractivity contribution is 6.94. The lowest BCUT2D eigenvalue weighted by Gasteiger charge is -2.47. The fourth-order valence-electron chi connectivity index (χ4n) is 16.8. The van der Waals surface area contributed by atoms with Crippen LogP contribution in [0.3, 0.4) is 0 Å². The summed E-state index contributed by atoms with van der Waals surface area (Å²) >= 11 is 0. The Labute approximate surface area is 433 Å². The highest BCUT2D eigenvalue weighted by Crippen LogP contribution is 2.56. The molecule has 3 nitrogen and oxygen atoms in total. The van der Waals surface area contributed by atoms with E-state index in [4.69, 9.17) is 4.42 Å². The first-order valence-corrected chi connectivity index (χ1v) is 28.3. The summed E-state index contributed by atoms with van der Waals surface area (Å²) in [6.07, 6.45) is 18.9. The van der Waals surface area contributed by atoms with Crippen LogP contribution in [-0.4, -0.2) is 11.4 Å². The quantitative estimate of drug-likeness (QED) is 0.160. The smallest absolute Gasteiger partial charge is 0.333 e. The molecule has 358 valence electrons. The molecule has 9 aromatic carbocycles. The van der Waals surface area contributed by atoms with Gasteiger partial charge in [-0.2, -0.15) is 0 Å². The summed E-state index contributed by atoms with van der Waals surface area (Å²) < 4.78 is 10.1. The van der Waals surface area contributed by atoms with Gasteiger partial charge in [-0.25, -0.2) is 0 Å². The summed E-state index contributed by atoms with van der Waals surface area (Å²) in [7, 11) is 0. The van der Waals surface area contributed by atoms with Gasteiger partial charge in [0.15, 0.2) is 5.58 Å². The second-order valence-corrected chi connectivity index (χ2v) is 23.9. The van der Waals surface area contributed by atoms with Crippen molar-refractivity contribution in [3.8, 4) is 39.1 Å². The van der Waals surface area contributed by atoms with Gasteiger partial charge in [-0.05, 0) is 182 Å². The van der Waals surface area contributed by atoms with E-state index in [1.165, 1.54) is 184 Å². The van der Waals surface area contributed by atoms with Crippen LogP contribution in [0.2, 0.25) is 0 Å². The molecule has 4 saturated carbocycles.